The molecule has 180 valence electrons. The first-order valence-corrected chi connectivity index (χ1v) is 11.5. The number of nitrogens with two attached hydrogens (primary N) is 1. The van der Waals surface area contributed by atoms with Crippen molar-refractivity contribution in [1.29, 1.82) is 0 Å². The van der Waals surface area contributed by atoms with Crippen molar-refractivity contribution in [2.24, 2.45) is 10.7 Å². The Kier molecular flexibility index (Phi) is 11.4. The van der Waals surface area contributed by atoms with Gasteiger partial charge in [0.25, 0.3) is 0 Å². The highest BCUT2D eigenvalue weighted by molar-refractivity contribution is 14.0. The number of nitrogens with zero attached hydrogens (tertiary/aromatic N) is 2. The van der Waals surface area contributed by atoms with E-state index in [0.29, 0.717) is 19.1 Å². The van der Waals surface area contributed by atoms with Crippen molar-refractivity contribution in [3.8, 4) is 11.5 Å². The van der Waals surface area contributed by atoms with Crippen LogP contribution in [0.5, 0.6) is 11.5 Å². The molecule has 8 nitrogen and oxygen atoms in total. The molecule has 0 aromatic heterocycles. The first kappa shape index (κ1) is 26.5. The number of benzene rings is 1. The van der Waals surface area contributed by atoms with Crippen LogP contribution in [-0.2, 0) is 11.3 Å². The summed E-state index contributed by atoms with van der Waals surface area (Å²) in [7, 11) is 1.68. The molecule has 32 heavy (non-hydrogen) atoms. The average molecular weight is 559 g/mol. The molecule has 0 radical (unpaired) electrons. The van der Waals surface area contributed by atoms with Gasteiger partial charge in [0.2, 0.25) is 5.91 Å². The van der Waals surface area contributed by atoms with Crippen LogP contribution < -0.4 is 25.8 Å². The third-order valence-corrected chi connectivity index (χ3v) is 5.93. The lowest BCUT2D eigenvalue weighted by molar-refractivity contribution is -0.119. The largest absolute Gasteiger partial charge is 0.497 e. The number of nitrogens with one attached hydrogen (secondary N) is 2. The molecule has 1 aromatic rings. The molecule has 1 saturated carbocycles. The van der Waals surface area contributed by atoms with Gasteiger partial charge in [0.15, 0.2) is 5.96 Å². The zero-order chi connectivity index (χ0) is 22.1. The predicted octanol–water partition coefficient (Wildman–Crippen LogP) is 2.64. The van der Waals surface area contributed by atoms with Crippen LogP contribution >= 0.6 is 24.0 Å². The summed E-state index contributed by atoms with van der Waals surface area (Å²) < 4.78 is 11.7. The van der Waals surface area contributed by atoms with Gasteiger partial charge in [-0.1, -0.05) is 0 Å². The highest BCUT2D eigenvalue weighted by atomic mass is 127. The van der Waals surface area contributed by atoms with Gasteiger partial charge in [-0.3, -0.25) is 9.69 Å². The molecule has 0 unspecified atom stereocenters. The number of likely N-dealkylation sites (tertiary alicyclic amines) is 1. The van der Waals surface area contributed by atoms with Gasteiger partial charge in [0.05, 0.1) is 26.3 Å². The molecule has 1 heterocycles. The zero-order valence-corrected chi connectivity index (χ0v) is 21.6. The number of piperidine rings is 1. The summed E-state index contributed by atoms with van der Waals surface area (Å²) >= 11 is 0. The fourth-order valence-corrected chi connectivity index (χ4v) is 4.22. The fraction of sp³-hybridized carbons (Fsp3) is 0.652. The van der Waals surface area contributed by atoms with E-state index >= 15 is 0 Å². The van der Waals surface area contributed by atoms with Gasteiger partial charge in [-0.2, -0.15) is 0 Å². The Morgan fingerprint density at radius 2 is 1.94 bits per heavy atom. The molecule has 1 aromatic carbocycles. The van der Waals surface area contributed by atoms with Crippen molar-refractivity contribution in [3.05, 3.63) is 23.8 Å². The number of aliphatic imine (C=N–C) groups is 1. The van der Waals surface area contributed by atoms with Gasteiger partial charge in [-0.25, -0.2) is 4.99 Å². The molecule has 0 spiro atoms. The summed E-state index contributed by atoms with van der Waals surface area (Å²) in [4.78, 5) is 18.1. The van der Waals surface area contributed by atoms with Gasteiger partial charge in [0.1, 0.15) is 11.5 Å². The summed E-state index contributed by atoms with van der Waals surface area (Å²) in [5.41, 5.74) is 6.37. The van der Waals surface area contributed by atoms with Crippen molar-refractivity contribution >= 4 is 35.8 Å². The Labute approximate surface area is 208 Å². The summed E-state index contributed by atoms with van der Waals surface area (Å²) in [5.74, 6) is 2.20. The number of carbonyl (C=O) groups is 1. The van der Waals surface area contributed by atoms with Crippen molar-refractivity contribution < 1.29 is 14.3 Å². The lowest BCUT2D eigenvalue weighted by Gasteiger charge is -2.32. The maximum Gasteiger partial charge on any atom is 0.231 e. The summed E-state index contributed by atoms with van der Waals surface area (Å²) in [6, 6.07) is 6.30. The van der Waals surface area contributed by atoms with E-state index in [1.54, 1.807) is 7.11 Å². The molecule has 4 N–H and O–H groups in total. The Morgan fingerprint density at radius 1 is 1.22 bits per heavy atom. The first-order chi connectivity index (χ1) is 15.1. The quantitative estimate of drug-likeness (QED) is 0.245. The van der Waals surface area contributed by atoms with Crippen LogP contribution in [0.25, 0.3) is 0 Å². The summed E-state index contributed by atoms with van der Waals surface area (Å²) in [6.45, 7) is 5.44. The van der Waals surface area contributed by atoms with Crippen LogP contribution in [0, 0.1) is 0 Å². The number of amides is 1. The van der Waals surface area contributed by atoms with Gasteiger partial charge >= 0.3 is 0 Å². The van der Waals surface area contributed by atoms with E-state index in [1.807, 2.05) is 18.2 Å². The van der Waals surface area contributed by atoms with Gasteiger partial charge in [-0.15, -0.1) is 24.0 Å². The third-order valence-electron chi connectivity index (χ3n) is 5.93. The van der Waals surface area contributed by atoms with Crippen molar-refractivity contribution in [2.45, 2.75) is 64.1 Å². The molecule has 2 fully saturated rings. The van der Waals surface area contributed by atoms with Crippen LogP contribution in [0.3, 0.4) is 0 Å². The number of hydrogen-bond donors (Lipinski definition) is 3. The SMILES string of the molecule is CCNC(=NCc1ccc(OC)cc1OC1CCCC1)NC1CCN(CC(N)=O)CC1.I. The number of methoxy groups -OCH3 is 1. The molecule has 0 atom stereocenters. The van der Waals surface area contributed by atoms with E-state index in [2.05, 4.69) is 22.5 Å². The minimum absolute atomic E-state index is 0. The topological polar surface area (TPSA) is 101 Å². The molecule has 1 amide bonds. The number of primary amides is 1. The molecular weight excluding hydrogens is 521 g/mol. The minimum Gasteiger partial charge on any atom is -0.497 e. The van der Waals surface area contributed by atoms with Crippen LogP contribution in [0.15, 0.2) is 23.2 Å². The lowest BCUT2D eigenvalue weighted by atomic mass is 10.1. The highest BCUT2D eigenvalue weighted by Gasteiger charge is 2.21. The number of rotatable bonds is 9. The number of carbonyl (C=O) groups excluding carboxylic acids is 1. The standard InChI is InChI=1S/C23H37N5O3.HI/c1-3-25-23(27-18-10-12-28(13-11-18)16-22(24)29)26-15-17-8-9-20(30-2)14-21(17)31-19-6-4-5-7-19;/h8-9,14,18-19H,3-7,10-13,15-16H2,1-2H3,(H2,24,29)(H2,25,26,27);1H. The Hall–Kier alpha value is -1.75. The minimum atomic E-state index is -0.267. The number of guanidine groups is 1. The third kappa shape index (κ3) is 8.31. The maximum atomic E-state index is 11.1. The van der Waals surface area contributed by atoms with Crippen LogP contribution in [0.2, 0.25) is 0 Å². The average Bonchev–Trinajstić information content (AvgIpc) is 3.27. The van der Waals surface area contributed by atoms with Gasteiger partial charge < -0.3 is 25.8 Å². The first-order valence-electron chi connectivity index (χ1n) is 11.5. The van der Waals surface area contributed by atoms with E-state index < -0.39 is 0 Å². The van der Waals surface area contributed by atoms with E-state index in [-0.39, 0.29) is 36.0 Å². The monoisotopic (exact) mass is 559 g/mol. The van der Waals surface area contributed by atoms with E-state index in [9.17, 15) is 4.79 Å². The van der Waals surface area contributed by atoms with Crippen LogP contribution in [0.4, 0.5) is 0 Å². The van der Waals surface area contributed by atoms with E-state index in [4.69, 9.17) is 20.2 Å². The fourth-order valence-electron chi connectivity index (χ4n) is 4.22. The Bertz CT molecular complexity index is 747. The van der Waals surface area contributed by atoms with E-state index in [0.717, 1.165) is 68.3 Å². The number of halogens is 1. The summed E-state index contributed by atoms with van der Waals surface area (Å²) in [6.07, 6.45) is 6.87. The van der Waals surface area contributed by atoms with Crippen LogP contribution in [0.1, 0.15) is 51.0 Å². The maximum absolute atomic E-state index is 11.1. The summed E-state index contributed by atoms with van der Waals surface area (Å²) in [5, 5.41) is 6.89. The molecule has 3 rings (SSSR count). The molecular formula is C23H38IN5O3. The molecule has 9 heteroatoms. The molecule has 1 aliphatic carbocycles. The van der Waals surface area contributed by atoms with Crippen molar-refractivity contribution in [2.75, 3.05) is 33.3 Å². The van der Waals surface area contributed by atoms with Crippen LogP contribution in [-0.4, -0.2) is 62.2 Å². The predicted molar refractivity (Wildman–Crippen MR) is 138 cm³/mol. The normalized spacial score (nSPS) is 18.1. The molecule has 1 saturated heterocycles. The van der Waals surface area contributed by atoms with E-state index in [1.165, 1.54) is 12.8 Å². The van der Waals surface area contributed by atoms with Crippen molar-refractivity contribution in [3.63, 3.8) is 0 Å². The second kappa shape index (κ2) is 13.7. The lowest BCUT2D eigenvalue weighted by Crippen LogP contribution is -2.49. The number of hydrogen-bond acceptors (Lipinski definition) is 5. The number of ether oxygens (including phenoxy) is 2. The Balaban J connectivity index is 0.00000363. The molecule has 2 aliphatic rings. The second-order valence-corrected chi connectivity index (χ2v) is 8.35. The highest BCUT2D eigenvalue weighted by Crippen LogP contribution is 2.30. The molecule has 0 bridgehead atoms. The smallest absolute Gasteiger partial charge is 0.231 e. The van der Waals surface area contributed by atoms with Crippen molar-refractivity contribution in [1.82, 2.24) is 15.5 Å². The second-order valence-electron chi connectivity index (χ2n) is 8.35. The Morgan fingerprint density at radius 3 is 2.56 bits per heavy atom. The van der Waals surface area contributed by atoms with Gasteiger partial charge in [0, 0.05) is 37.3 Å². The van der Waals surface area contributed by atoms with Gasteiger partial charge in [-0.05, 0) is 57.6 Å². The zero-order valence-electron chi connectivity index (χ0n) is 19.3. The molecule has 1 aliphatic heterocycles.